The number of amides is 2. The van der Waals surface area contributed by atoms with Crippen LogP contribution in [0.5, 0.6) is 0 Å². The maximum Gasteiger partial charge on any atom is 0.408 e. The van der Waals surface area contributed by atoms with Crippen LogP contribution < -0.4 is 10.6 Å². The van der Waals surface area contributed by atoms with Gasteiger partial charge in [0.25, 0.3) is 0 Å². The van der Waals surface area contributed by atoms with E-state index in [4.69, 9.17) is 14.9 Å². The standard InChI is InChI=1S/C23H24N2O6/c26-12-9-19(20(27)28)24-21(29)23(10-11-23)25-22(30)31-13-18-16-7-3-1-5-14(16)15-6-2-4-8-17(15)18/h1-8,18-19,26H,9-13H2,(H,24,29)(H,25,30)(H,27,28). The number of nitrogens with one attached hydrogen (secondary N) is 2. The second kappa shape index (κ2) is 8.39. The van der Waals surface area contributed by atoms with E-state index in [0.29, 0.717) is 12.8 Å². The summed E-state index contributed by atoms with van der Waals surface area (Å²) in [6.07, 6.45) is -0.0333. The van der Waals surface area contributed by atoms with E-state index in [-0.39, 0.29) is 25.6 Å². The highest BCUT2D eigenvalue weighted by molar-refractivity contribution is 5.95. The summed E-state index contributed by atoms with van der Waals surface area (Å²) in [4.78, 5) is 36.2. The van der Waals surface area contributed by atoms with Crippen molar-refractivity contribution in [3.63, 3.8) is 0 Å². The number of fused-ring (bicyclic) bond motifs is 3. The van der Waals surface area contributed by atoms with E-state index in [1.807, 2.05) is 48.5 Å². The molecule has 1 fully saturated rings. The number of carbonyl (C=O) groups is 3. The minimum Gasteiger partial charge on any atom is -0.480 e. The first-order valence-electron chi connectivity index (χ1n) is 10.2. The smallest absolute Gasteiger partial charge is 0.408 e. The van der Waals surface area contributed by atoms with Crippen LogP contribution in [0.15, 0.2) is 48.5 Å². The number of aliphatic carboxylic acids is 1. The molecule has 0 saturated heterocycles. The van der Waals surface area contributed by atoms with E-state index in [1.54, 1.807) is 0 Å². The minimum absolute atomic E-state index is 0.0944. The summed E-state index contributed by atoms with van der Waals surface area (Å²) in [5.74, 6) is -1.91. The van der Waals surface area contributed by atoms with Gasteiger partial charge in [-0.05, 0) is 35.1 Å². The third-order valence-corrected chi connectivity index (χ3v) is 5.89. The Hall–Kier alpha value is -3.39. The van der Waals surface area contributed by atoms with Gasteiger partial charge in [-0.1, -0.05) is 48.5 Å². The molecule has 1 unspecified atom stereocenters. The average Bonchev–Trinajstić information content (AvgIpc) is 3.47. The van der Waals surface area contributed by atoms with Crippen molar-refractivity contribution < 1.29 is 29.3 Å². The van der Waals surface area contributed by atoms with Crippen LogP contribution in [0, 0.1) is 0 Å². The number of benzene rings is 2. The second-order valence-electron chi connectivity index (χ2n) is 7.91. The summed E-state index contributed by atoms with van der Waals surface area (Å²) in [6, 6.07) is 14.8. The molecular weight excluding hydrogens is 400 g/mol. The molecule has 2 aliphatic carbocycles. The molecule has 0 radical (unpaired) electrons. The normalized spacial score (nSPS) is 16.5. The Morgan fingerprint density at radius 2 is 1.61 bits per heavy atom. The topological polar surface area (TPSA) is 125 Å². The Kier molecular flexibility index (Phi) is 5.65. The van der Waals surface area contributed by atoms with Crippen LogP contribution in [0.25, 0.3) is 11.1 Å². The van der Waals surface area contributed by atoms with E-state index in [9.17, 15) is 14.4 Å². The number of alkyl carbamates (subject to hydrolysis) is 1. The van der Waals surface area contributed by atoms with Gasteiger partial charge in [0.15, 0.2) is 0 Å². The Morgan fingerprint density at radius 1 is 1.03 bits per heavy atom. The number of carbonyl (C=O) groups excluding carboxylic acids is 2. The van der Waals surface area contributed by atoms with Crippen molar-refractivity contribution >= 4 is 18.0 Å². The number of carboxylic acid groups (broad SMARTS) is 1. The average molecular weight is 424 g/mol. The van der Waals surface area contributed by atoms with Gasteiger partial charge in [-0.25, -0.2) is 9.59 Å². The predicted molar refractivity (Wildman–Crippen MR) is 111 cm³/mol. The minimum atomic E-state index is -1.24. The van der Waals surface area contributed by atoms with Gasteiger partial charge in [0, 0.05) is 18.9 Å². The van der Waals surface area contributed by atoms with Gasteiger partial charge in [0.1, 0.15) is 18.2 Å². The van der Waals surface area contributed by atoms with E-state index in [2.05, 4.69) is 10.6 Å². The fourth-order valence-corrected chi connectivity index (χ4v) is 4.05. The number of hydrogen-bond donors (Lipinski definition) is 4. The number of carboxylic acids is 1. The van der Waals surface area contributed by atoms with Crippen LogP contribution in [0.4, 0.5) is 4.79 Å². The maximum absolute atomic E-state index is 12.5. The molecule has 2 amide bonds. The van der Waals surface area contributed by atoms with E-state index in [0.717, 1.165) is 22.3 Å². The lowest BCUT2D eigenvalue weighted by atomic mass is 9.98. The SMILES string of the molecule is O=C(NC1(C(=O)NC(CCO)C(=O)O)CC1)OCC1c2ccccc2-c2ccccc21. The summed E-state index contributed by atoms with van der Waals surface area (Å²) in [5, 5.41) is 23.1. The zero-order chi connectivity index (χ0) is 22.0. The first-order valence-corrected chi connectivity index (χ1v) is 10.2. The Labute approximate surface area is 179 Å². The fourth-order valence-electron chi connectivity index (χ4n) is 4.05. The second-order valence-corrected chi connectivity index (χ2v) is 7.91. The lowest BCUT2D eigenvalue weighted by Crippen LogP contribution is -2.53. The third kappa shape index (κ3) is 4.11. The van der Waals surface area contributed by atoms with Crippen LogP contribution in [0.2, 0.25) is 0 Å². The molecule has 4 N–H and O–H groups in total. The van der Waals surface area contributed by atoms with Crippen LogP contribution in [-0.4, -0.2) is 53.0 Å². The van der Waals surface area contributed by atoms with Gasteiger partial charge in [0.05, 0.1) is 0 Å². The molecule has 1 atom stereocenters. The molecule has 2 aliphatic rings. The maximum atomic E-state index is 12.5. The largest absolute Gasteiger partial charge is 0.480 e. The molecule has 2 aromatic rings. The predicted octanol–water partition coefficient (Wildman–Crippen LogP) is 2.01. The molecule has 0 bridgehead atoms. The Balaban J connectivity index is 1.39. The highest BCUT2D eigenvalue weighted by atomic mass is 16.5. The quantitative estimate of drug-likeness (QED) is 0.514. The number of aliphatic hydroxyl groups excluding tert-OH is 1. The number of aliphatic hydroxyl groups is 1. The summed E-state index contributed by atoms with van der Waals surface area (Å²) >= 11 is 0. The molecule has 2 aromatic carbocycles. The van der Waals surface area contributed by atoms with Crippen molar-refractivity contribution in [2.75, 3.05) is 13.2 Å². The molecule has 8 heteroatoms. The van der Waals surface area contributed by atoms with Crippen molar-refractivity contribution in [2.24, 2.45) is 0 Å². The molecule has 162 valence electrons. The van der Waals surface area contributed by atoms with Gasteiger partial charge in [-0.15, -0.1) is 0 Å². The molecule has 8 nitrogen and oxygen atoms in total. The highest BCUT2D eigenvalue weighted by Crippen LogP contribution is 2.44. The van der Waals surface area contributed by atoms with Gasteiger partial charge in [0.2, 0.25) is 5.91 Å². The zero-order valence-corrected chi connectivity index (χ0v) is 16.8. The first kappa shape index (κ1) is 20.9. The number of ether oxygens (including phenoxy) is 1. The van der Waals surface area contributed by atoms with Crippen molar-refractivity contribution in [1.29, 1.82) is 0 Å². The summed E-state index contributed by atoms with van der Waals surface area (Å²) in [7, 11) is 0. The molecular formula is C23H24N2O6. The van der Waals surface area contributed by atoms with Crippen LogP contribution >= 0.6 is 0 Å². The molecule has 0 heterocycles. The van der Waals surface area contributed by atoms with Gasteiger partial charge in [-0.3, -0.25) is 4.79 Å². The molecule has 4 rings (SSSR count). The van der Waals surface area contributed by atoms with Crippen LogP contribution in [0.3, 0.4) is 0 Å². The molecule has 31 heavy (non-hydrogen) atoms. The fraction of sp³-hybridized carbons (Fsp3) is 0.348. The van der Waals surface area contributed by atoms with Crippen LogP contribution in [-0.2, 0) is 14.3 Å². The highest BCUT2D eigenvalue weighted by Gasteiger charge is 2.52. The van der Waals surface area contributed by atoms with Gasteiger partial charge >= 0.3 is 12.1 Å². The Morgan fingerprint density at radius 3 is 2.13 bits per heavy atom. The van der Waals surface area contributed by atoms with Crippen LogP contribution in [0.1, 0.15) is 36.3 Å². The summed E-state index contributed by atoms with van der Waals surface area (Å²) in [5.41, 5.74) is 3.25. The van der Waals surface area contributed by atoms with Crippen molar-refractivity contribution in [2.45, 2.75) is 36.8 Å². The molecule has 1 saturated carbocycles. The molecule has 0 spiro atoms. The molecule has 0 aliphatic heterocycles. The summed E-state index contributed by atoms with van der Waals surface area (Å²) in [6.45, 7) is -0.246. The first-order chi connectivity index (χ1) is 14.9. The lowest BCUT2D eigenvalue weighted by molar-refractivity contribution is -0.142. The van der Waals surface area contributed by atoms with Crippen molar-refractivity contribution in [3.8, 4) is 11.1 Å². The zero-order valence-electron chi connectivity index (χ0n) is 16.8. The molecule has 0 aromatic heterocycles. The third-order valence-electron chi connectivity index (χ3n) is 5.89. The van der Waals surface area contributed by atoms with E-state index in [1.165, 1.54) is 0 Å². The lowest BCUT2D eigenvalue weighted by Gasteiger charge is -2.21. The van der Waals surface area contributed by atoms with E-state index < -0.39 is 29.6 Å². The number of hydrogen-bond acceptors (Lipinski definition) is 5. The monoisotopic (exact) mass is 424 g/mol. The summed E-state index contributed by atoms with van der Waals surface area (Å²) < 4.78 is 5.48. The van der Waals surface area contributed by atoms with Gasteiger partial charge in [-0.2, -0.15) is 0 Å². The number of rotatable bonds is 8. The van der Waals surface area contributed by atoms with Crippen molar-refractivity contribution in [1.82, 2.24) is 10.6 Å². The van der Waals surface area contributed by atoms with E-state index >= 15 is 0 Å². The van der Waals surface area contributed by atoms with Crippen molar-refractivity contribution in [3.05, 3.63) is 59.7 Å². The van der Waals surface area contributed by atoms with Gasteiger partial charge < -0.3 is 25.6 Å². The Bertz CT molecular complexity index is 971.